The molecule has 8 heteroatoms. The van der Waals surface area contributed by atoms with E-state index >= 15 is 0 Å². The molecule has 0 radical (unpaired) electrons. The Morgan fingerprint density at radius 3 is 2.42 bits per heavy atom. The van der Waals surface area contributed by atoms with Crippen molar-refractivity contribution in [3.63, 3.8) is 0 Å². The first kappa shape index (κ1) is 21.1. The summed E-state index contributed by atoms with van der Waals surface area (Å²) in [5.74, 6) is 0.149. The molecule has 0 saturated carbocycles. The zero-order valence-electron chi connectivity index (χ0n) is 16.3. The van der Waals surface area contributed by atoms with Crippen LogP contribution in [0.1, 0.15) is 11.4 Å². The number of benzene rings is 3. The minimum absolute atomic E-state index is 0.101. The monoisotopic (exact) mass is 452 g/mol. The second-order valence-corrected chi connectivity index (χ2v) is 8.04. The van der Waals surface area contributed by atoms with Crippen molar-refractivity contribution in [3.05, 3.63) is 101 Å². The Morgan fingerprint density at radius 1 is 1.00 bits per heavy atom. The molecule has 0 unspecified atom stereocenters. The van der Waals surface area contributed by atoms with Gasteiger partial charge in [0.05, 0.1) is 16.5 Å². The summed E-state index contributed by atoms with van der Waals surface area (Å²) in [6.07, 6.45) is 0.612. The van der Waals surface area contributed by atoms with Crippen LogP contribution in [0.5, 0.6) is 0 Å². The fourth-order valence-electron chi connectivity index (χ4n) is 3.03. The molecule has 0 aliphatic rings. The van der Waals surface area contributed by atoms with Crippen LogP contribution in [0.15, 0.2) is 84.0 Å². The van der Waals surface area contributed by atoms with E-state index in [9.17, 15) is 9.18 Å². The Balaban J connectivity index is 1.53. The molecule has 1 heterocycles. The summed E-state index contributed by atoms with van der Waals surface area (Å²) in [4.78, 5) is 12.4. The molecule has 1 aromatic heterocycles. The van der Waals surface area contributed by atoms with E-state index in [1.54, 1.807) is 0 Å². The molecule has 1 N–H and O–H groups in total. The third-order valence-corrected chi connectivity index (χ3v) is 5.70. The number of anilines is 1. The van der Waals surface area contributed by atoms with Crippen molar-refractivity contribution in [1.29, 1.82) is 0 Å². The van der Waals surface area contributed by atoms with E-state index in [0.717, 1.165) is 23.1 Å². The topological polar surface area (TPSA) is 59.8 Å². The van der Waals surface area contributed by atoms with Crippen LogP contribution in [-0.2, 0) is 11.2 Å². The average Bonchev–Trinajstić information content (AvgIpc) is 3.18. The molecule has 3 aromatic carbocycles. The minimum Gasteiger partial charge on any atom is -0.324 e. The van der Waals surface area contributed by atoms with Gasteiger partial charge in [-0.3, -0.25) is 9.36 Å². The summed E-state index contributed by atoms with van der Waals surface area (Å²) in [5, 5.41) is 12.1. The van der Waals surface area contributed by atoms with Gasteiger partial charge in [0.1, 0.15) is 11.6 Å². The van der Waals surface area contributed by atoms with Gasteiger partial charge in [0.25, 0.3) is 0 Å². The Bertz CT molecular complexity index is 1180. The van der Waals surface area contributed by atoms with Crippen molar-refractivity contribution in [3.8, 4) is 5.69 Å². The first-order valence-corrected chi connectivity index (χ1v) is 10.9. The molecule has 0 spiro atoms. The highest BCUT2D eigenvalue weighted by atomic mass is 35.5. The third-order valence-electron chi connectivity index (χ3n) is 4.46. The van der Waals surface area contributed by atoms with Crippen molar-refractivity contribution >= 4 is 35.0 Å². The van der Waals surface area contributed by atoms with Crippen LogP contribution in [0.3, 0.4) is 0 Å². The van der Waals surface area contributed by atoms with Gasteiger partial charge >= 0.3 is 0 Å². The van der Waals surface area contributed by atoms with Crippen LogP contribution in [0, 0.1) is 5.82 Å². The van der Waals surface area contributed by atoms with E-state index in [1.807, 2.05) is 65.2 Å². The second kappa shape index (κ2) is 9.76. The van der Waals surface area contributed by atoms with Gasteiger partial charge in [-0.25, -0.2) is 4.39 Å². The van der Waals surface area contributed by atoms with Gasteiger partial charge in [0, 0.05) is 12.1 Å². The van der Waals surface area contributed by atoms with Crippen molar-refractivity contribution in [1.82, 2.24) is 14.8 Å². The number of hydrogen-bond acceptors (Lipinski definition) is 4. The van der Waals surface area contributed by atoms with Crippen molar-refractivity contribution in [2.24, 2.45) is 0 Å². The summed E-state index contributed by atoms with van der Waals surface area (Å²) < 4.78 is 15.2. The fourth-order valence-corrected chi connectivity index (χ4v) is 4.02. The molecule has 4 aromatic rings. The van der Waals surface area contributed by atoms with Gasteiger partial charge in [0.2, 0.25) is 5.91 Å². The molecule has 31 heavy (non-hydrogen) atoms. The molecule has 0 fully saturated rings. The number of nitrogens with one attached hydrogen (secondary N) is 1. The number of halogens is 2. The van der Waals surface area contributed by atoms with E-state index in [2.05, 4.69) is 15.5 Å². The number of rotatable bonds is 7. The molecule has 5 nitrogen and oxygen atoms in total. The van der Waals surface area contributed by atoms with Crippen molar-refractivity contribution in [2.45, 2.75) is 11.6 Å². The molecule has 0 bridgehead atoms. The Hall–Kier alpha value is -3.16. The SMILES string of the molecule is O=C(CSc1nnc(Cc2ccccc2)n1-c1ccccc1)Nc1ccc(F)cc1Cl. The van der Waals surface area contributed by atoms with Crippen LogP contribution >= 0.6 is 23.4 Å². The van der Waals surface area contributed by atoms with E-state index < -0.39 is 5.82 Å². The Kier molecular flexibility index (Phi) is 6.64. The standard InChI is InChI=1S/C23H18ClFN4OS/c24-19-14-17(25)11-12-20(19)26-22(30)15-31-23-28-27-21(13-16-7-3-1-4-8-16)29(23)18-9-5-2-6-10-18/h1-12,14H,13,15H2,(H,26,30). The summed E-state index contributed by atoms with van der Waals surface area (Å²) in [5.41, 5.74) is 2.40. The predicted octanol–water partition coefficient (Wildman–Crippen LogP) is 5.38. The lowest BCUT2D eigenvalue weighted by atomic mass is 10.1. The van der Waals surface area contributed by atoms with Gasteiger partial charge in [-0.2, -0.15) is 0 Å². The quantitative estimate of drug-likeness (QED) is 0.382. The van der Waals surface area contributed by atoms with Gasteiger partial charge in [-0.15, -0.1) is 10.2 Å². The lowest BCUT2D eigenvalue weighted by Gasteiger charge is -2.11. The number of carbonyl (C=O) groups excluding carboxylic acids is 1. The number of thioether (sulfide) groups is 1. The normalized spacial score (nSPS) is 10.8. The van der Waals surface area contributed by atoms with E-state index in [1.165, 1.54) is 23.9 Å². The molecular weight excluding hydrogens is 435 g/mol. The van der Waals surface area contributed by atoms with Crippen LogP contribution in [0.4, 0.5) is 10.1 Å². The maximum Gasteiger partial charge on any atom is 0.234 e. The second-order valence-electron chi connectivity index (χ2n) is 6.69. The number of nitrogens with zero attached hydrogens (tertiary/aromatic N) is 3. The third kappa shape index (κ3) is 5.31. The lowest BCUT2D eigenvalue weighted by Crippen LogP contribution is -2.15. The van der Waals surface area contributed by atoms with E-state index in [-0.39, 0.29) is 16.7 Å². The molecule has 0 saturated heterocycles. The molecule has 156 valence electrons. The maximum absolute atomic E-state index is 13.2. The van der Waals surface area contributed by atoms with Crippen LogP contribution in [-0.4, -0.2) is 26.4 Å². The first-order chi connectivity index (χ1) is 15.1. The zero-order valence-corrected chi connectivity index (χ0v) is 17.9. The minimum atomic E-state index is -0.459. The summed E-state index contributed by atoms with van der Waals surface area (Å²) in [6.45, 7) is 0. The highest BCUT2D eigenvalue weighted by molar-refractivity contribution is 7.99. The number of hydrogen-bond donors (Lipinski definition) is 1. The molecule has 0 aliphatic carbocycles. The summed E-state index contributed by atoms with van der Waals surface area (Å²) in [6, 6.07) is 23.6. The zero-order chi connectivity index (χ0) is 21.6. The Morgan fingerprint density at radius 2 is 1.71 bits per heavy atom. The van der Waals surface area contributed by atoms with Gasteiger partial charge in [-0.05, 0) is 35.9 Å². The average molecular weight is 453 g/mol. The first-order valence-electron chi connectivity index (χ1n) is 9.51. The molecule has 1 amide bonds. The van der Waals surface area contributed by atoms with Gasteiger partial charge < -0.3 is 5.32 Å². The number of para-hydroxylation sites is 1. The van der Waals surface area contributed by atoms with Crippen LogP contribution < -0.4 is 5.32 Å². The summed E-state index contributed by atoms with van der Waals surface area (Å²) >= 11 is 7.26. The van der Waals surface area contributed by atoms with E-state index in [4.69, 9.17) is 11.6 Å². The van der Waals surface area contributed by atoms with Crippen molar-refractivity contribution < 1.29 is 9.18 Å². The smallest absolute Gasteiger partial charge is 0.234 e. The largest absolute Gasteiger partial charge is 0.324 e. The lowest BCUT2D eigenvalue weighted by molar-refractivity contribution is -0.113. The van der Waals surface area contributed by atoms with Crippen LogP contribution in [0.2, 0.25) is 5.02 Å². The maximum atomic E-state index is 13.2. The molecular formula is C23H18ClFN4OS. The van der Waals surface area contributed by atoms with Gasteiger partial charge in [0.15, 0.2) is 5.16 Å². The molecule has 0 atom stereocenters. The summed E-state index contributed by atoms with van der Waals surface area (Å²) in [7, 11) is 0. The number of aromatic nitrogens is 3. The van der Waals surface area contributed by atoms with Gasteiger partial charge in [-0.1, -0.05) is 71.9 Å². The number of amides is 1. The van der Waals surface area contributed by atoms with Crippen molar-refractivity contribution in [2.75, 3.05) is 11.1 Å². The predicted molar refractivity (Wildman–Crippen MR) is 121 cm³/mol. The molecule has 0 aliphatic heterocycles. The van der Waals surface area contributed by atoms with E-state index in [0.29, 0.717) is 17.3 Å². The number of carbonyl (C=O) groups is 1. The van der Waals surface area contributed by atoms with Crippen LogP contribution in [0.25, 0.3) is 5.69 Å². The fraction of sp³-hybridized carbons (Fsp3) is 0.0870. The molecule has 4 rings (SSSR count). The highest BCUT2D eigenvalue weighted by Crippen LogP contribution is 2.25. The Labute approximate surface area is 188 Å². The highest BCUT2D eigenvalue weighted by Gasteiger charge is 2.16.